The lowest BCUT2D eigenvalue weighted by Gasteiger charge is -2.25. The summed E-state index contributed by atoms with van der Waals surface area (Å²) >= 11 is 6.43. The van der Waals surface area contributed by atoms with Gasteiger partial charge in [0.1, 0.15) is 10.6 Å². The van der Waals surface area contributed by atoms with Crippen molar-refractivity contribution in [1.82, 2.24) is 20.2 Å². The lowest BCUT2D eigenvalue weighted by Crippen LogP contribution is -2.52. The number of rotatable bonds is 4. The molecule has 0 aromatic carbocycles. The van der Waals surface area contributed by atoms with Crippen LogP contribution < -0.4 is 10.2 Å². The number of nitrogens with one attached hydrogen (secondary N) is 1. The average molecular weight is 422 g/mol. The quantitative estimate of drug-likeness (QED) is 0.396. The van der Waals surface area contributed by atoms with Gasteiger partial charge in [0, 0.05) is 48.1 Å². The van der Waals surface area contributed by atoms with Gasteiger partial charge in [-0.05, 0) is 54.7 Å². The lowest BCUT2D eigenvalue weighted by atomic mass is 10.1. The molecule has 0 saturated carbocycles. The van der Waals surface area contributed by atoms with Gasteiger partial charge in [0.05, 0.1) is 0 Å². The molecule has 3 aromatic heterocycles. The number of nitrogens with zero attached hydrogens (tertiary/aromatic N) is 4. The minimum absolute atomic E-state index is 0.0499. The molecule has 7 nitrogen and oxygen atoms in total. The molecular weight excluding hydrogens is 406 g/mol. The molecule has 1 fully saturated rings. The van der Waals surface area contributed by atoms with Crippen molar-refractivity contribution in [3.63, 3.8) is 0 Å². The van der Waals surface area contributed by atoms with Gasteiger partial charge in [-0.2, -0.15) is 0 Å². The molecule has 0 unspecified atom stereocenters. The maximum absolute atomic E-state index is 12.4. The van der Waals surface area contributed by atoms with Crippen molar-refractivity contribution >= 4 is 62.9 Å². The number of likely N-dealkylation sites (N-methyl/N-ethyl adjacent to an activating group) is 1. The number of anilines is 3. The molecule has 0 radical (unpaired) electrons. The van der Waals surface area contributed by atoms with Crippen molar-refractivity contribution in [3.8, 4) is 0 Å². The Morgan fingerprint density at radius 3 is 2.17 bits per heavy atom. The van der Waals surface area contributed by atoms with Crippen molar-refractivity contribution in [1.29, 1.82) is 0 Å². The van der Waals surface area contributed by atoms with Crippen molar-refractivity contribution in [3.05, 3.63) is 71.6 Å². The lowest BCUT2D eigenvalue weighted by molar-refractivity contribution is -0.128. The van der Waals surface area contributed by atoms with Gasteiger partial charge in [0.15, 0.2) is 5.11 Å². The molecule has 0 aliphatic carbocycles. The molecular formula is C20H15N5O2S2. The van der Waals surface area contributed by atoms with Gasteiger partial charge < -0.3 is 4.90 Å². The molecule has 4 rings (SSSR count). The van der Waals surface area contributed by atoms with Crippen LogP contribution in [-0.2, 0) is 9.59 Å². The van der Waals surface area contributed by atoms with Gasteiger partial charge in [-0.25, -0.2) is 0 Å². The van der Waals surface area contributed by atoms with Crippen LogP contribution in [0.25, 0.3) is 6.08 Å². The third-order valence-electron chi connectivity index (χ3n) is 4.27. The van der Waals surface area contributed by atoms with Crippen LogP contribution in [0.1, 0.15) is 4.88 Å². The van der Waals surface area contributed by atoms with E-state index in [2.05, 4.69) is 20.2 Å². The summed E-state index contributed by atoms with van der Waals surface area (Å²) in [6.07, 6.45) is 8.49. The zero-order valence-electron chi connectivity index (χ0n) is 15.3. The second-order valence-corrected chi connectivity index (χ2v) is 7.58. The number of thiocarbonyl (C=S) groups is 1. The van der Waals surface area contributed by atoms with E-state index in [1.165, 1.54) is 23.3 Å². The minimum atomic E-state index is -0.492. The van der Waals surface area contributed by atoms with Crippen LogP contribution in [0.5, 0.6) is 0 Å². The van der Waals surface area contributed by atoms with Crippen molar-refractivity contribution in [2.45, 2.75) is 0 Å². The standard InChI is InChI=1S/C20H15N5O2S2/c1-24-19(27)16(18(26)23-20(24)28)12-15-2-3-17(29-15)25(13-4-8-21-9-5-13)14-6-10-22-11-7-14/h2-12H,1H3,(H,23,26,28)/b16-12+. The highest BCUT2D eigenvalue weighted by atomic mass is 32.1. The van der Waals surface area contributed by atoms with Crippen LogP contribution in [0.2, 0.25) is 0 Å². The first kappa shape index (κ1) is 18.9. The Kier molecular flexibility index (Phi) is 5.15. The number of thiophene rings is 1. The van der Waals surface area contributed by atoms with E-state index in [-0.39, 0.29) is 10.7 Å². The molecule has 1 aliphatic rings. The van der Waals surface area contributed by atoms with Crippen LogP contribution in [0.3, 0.4) is 0 Å². The molecule has 2 amide bonds. The van der Waals surface area contributed by atoms with E-state index in [4.69, 9.17) is 12.2 Å². The fourth-order valence-corrected chi connectivity index (χ4v) is 3.99. The summed E-state index contributed by atoms with van der Waals surface area (Å²) in [5.41, 5.74) is 1.92. The number of amides is 2. The molecule has 4 heterocycles. The Labute approximate surface area is 176 Å². The third kappa shape index (κ3) is 3.78. The summed E-state index contributed by atoms with van der Waals surface area (Å²) in [5, 5.41) is 3.54. The van der Waals surface area contributed by atoms with E-state index in [9.17, 15) is 9.59 Å². The Bertz CT molecular complexity index is 1070. The molecule has 1 N–H and O–H groups in total. The number of carbonyl (C=O) groups excluding carboxylic acids is 2. The number of aromatic nitrogens is 2. The topological polar surface area (TPSA) is 78.4 Å². The SMILES string of the molecule is CN1C(=O)/C(=C/c2ccc(N(c3ccncc3)c3ccncc3)s2)C(=O)NC1=S. The van der Waals surface area contributed by atoms with Gasteiger partial charge in [-0.15, -0.1) is 11.3 Å². The molecule has 0 spiro atoms. The van der Waals surface area contributed by atoms with Crippen LogP contribution in [0.4, 0.5) is 16.4 Å². The van der Waals surface area contributed by atoms with E-state index < -0.39 is 11.8 Å². The Hall–Kier alpha value is -3.43. The normalized spacial score (nSPS) is 15.6. The molecule has 0 bridgehead atoms. The predicted octanol–water partition coefficient (Wildman–Crippen LogP) is 3.26. The van der Waals surface area contributed by atoms with Crippen molar-refractivity contribution < 1.29 is 9.59 Å². The fourth-order valence-electron chi connectivity index (χ4n) is 2.82. The molecule has 1 aliphatic heterocycles. The number of pyridine rings is 2. The van der Waals surface area contributed by atoms with Gasteiger partial charge in [0.2, 0.25) is 0 Å². The highest BCUT2D eigenvalue weighted by Crippen LogP contribution is 2.38. The zero-order chi connectivity index (χ0) is 20.4. The van der Waals surface area contributed by atoms with Crippen LogP contribution in [-0.4, -0.2) is 38.8 Å². The van der Waals surface area contributed by atoms with E-state index >= 15 is 0 Å². The third-order valence-corrected chi connectivity index (χ3v) is 5.66. The highest BCUT2D eigenvalue weighted by Gasteiger charge is 2.31. The maximum Gasteiger partial charge on any atom is 0.265 e. The summed E-state index contributed by atoms with van der Waals surface area (Å²) < 4.78 is 0. The fraction of sp³-hybridized carbons (Fsp3) is 0.0500. The Morgan fingerprint density at radius 2 is 1.59 bits per heavy atom. The van der Waals surface area contributed by atoms with Crippen LogP contribution in [0, 0.1) is 0 Å². The van der Waals surface area contributed by atoms with Crippen LogP contribution in [0.15, 0.2) is 66.8 Å². The summed E-state index contributed by atoms with van der Waals surface area (Å²) in [6, 6.07) is 11.4. The van der Waals surface area contributed by atoms with Crippen molar-refractivity contribution in [2.75, 3.05) is 11.9 Å². The summed E-state index contributed by atoms with van der Waals surface area (Å²) in [6.45, 7) is 0. The second-order valence-electron chi connectivity index (χ2n) is 6.10. The van der Waals surface area contributed by atoms with E-state index in [0.29, 0.717) is 0 Å². The molecule has 0 atom stereocenters. The van der Waals surface area contributed by atoms with E-state index in [1.54, 1.807) is 30.9 Å². The molecule has 29 heavy (non-hydrogen) atoms. The van der Waals surface area contributed by atoms with Gasteiger partial charge >= 0.3 is 0 Å². The van der Waals surface area contributed by atoms with Crippen molar-refractivity contribution in [2.24, 2.45) is 0 Å². The summed E-state index contributed by atoms with van der Waals surface area (Å²) in [7, 11) is 1.53. The summed E-state index contributed by atoms with van der Waals surface area (Å²) in [5.74, 6) is -0.915. The Balaban J connectivity index is 1.72. The molecule has 3 aromatic rings. The second kappa shape index (κ2) is 7.90. The largest absolute Gasteiger partial charge is 0.302 e. The number of hydrogen-bond acceptors (Lipinski definition) is 7. The summed E-state index contributed by atoms with van der Waals surface area (Å²) in [4.78, 5) is 36.9. The smallest absolute Gasteiger partial charge is 0.265 e. The molecule has 144 valence electrons. The first-order valence-electron chi connectivity index (χ1n) is 8.59. The van der Waals surface area contributed by atoms with Gasteiger partial charge in [-0.3, -0.25) is 29.8 Å². The minimum Gasteiger partial charge on any atom is -0.302 e. The first-order valence-corrected chi connectivity index (χ1v) is 9.82. The number of carbonyl (C=O) groups is 2. The number of hydrogen-bond donors (Lipinski definition) is 1. The molecule has 1 saturated heterocycles. The maximum atomic E-state index is 12.4. The van der Waals surface area contributed by atoms with E-state index in [0.717, 1.165) is 21.3 Å². The van der Waals surface area contributed by atoms with Gasteiger partial charge in [0.25, 0.3) is 11.8 Å². The Morgan fingerprint density at radius 1 is 1.00 bits per heavy atom. The zero-order valence-corrected chi connectivity index (χ0v) is 16.9. The first-order chi connectivity index (χ1) is 14.0. The highest BCUT2D eigenvalue weighted by molar-refractivity contribution is 7.80. The van der Waals surface area contributed by atoms with E-state index in [1.807, 2.05) is 36.4 Å². The monoisotopic (exact) mass is 421 g/mol. The molecule has 9 heteroatoms. The average Bonchev–Trinajstić information content (AvgIpc) is 3.19. The van der Waals surface area contributed by atoms with Gasteiger partial charge in [-0.1, -0.05) is 0 Å². The van der Waals surface area contributed by atoms with Crippen LogP contribution >= 0.6 is 23.6 Å². The predicted molar refractivity (Wildman–Crippen MR) is 116 cm³/mol.